The summed E-state index contributed by atoms with van der Waals surface area (Å²) in [5.74, 6) is -0.629. The van der Waals surface area contributed by atoms with E-state index in [1.54, 1.807) is 26.0 Å². The average Bonchev–Trinajstić information content (AvgIpc) is 2.27. The third-order valence-electron chi connectivity index (χ3n) is 3.57. The van der Waals surface area contributed by atoms with Crippen molar-refractivity contribution in [1.82, 2.24) is 0 Å². The Kier molecular flexibility index (Phi) is 2.63. The zero-order valence-corrected chi connectivity index (χ0v) is 11.2. The van der Waals surface area contributed by atoms with Crippen LogP contribution in [0.3, 0.4) is 0 Å². The quantitative estimate of drug-likeness (QED) is 0.781. The molecule has 1 amide bonds. The molecule has 18 heavy (non-hydrogen) atoms. The van der Waals surface area contributed by atoms with Crippen molar-refractivity contribution in [2.24, 2.45) is 5.73 Å². The summed E-state index contributed by atoms with van der Waals surface area (Å²) >= 11 is 0. The predicted octanol–water partition coefficient (Wildman–Crippen LogP) is 1.45. The summed E-state index contributed by atoms with van der Waals surface area (Å²) in [5, 5.41) is 0. The van der Waals surface area contributed by atoms with E-state index in [0.717, 1.165) is 0 Å². The van der Waals surface area contributed by atoms with Crippen molar-refractivity contribution in [3.63, 3.8) is 0 Å². The van der Waals surface area contributed by atoms with Gasteiger partial charge in [-0.1, -0.05) is 18.2 Å². The van der Waals surface area contributed by atoms with Gasteiger partial charge in [0.05, 0.1) is 9.64 Å². The van der Waals surface area contributed by atoms with Gasteiger partial charge in [0, 0.05) is 5.56 Å². The number of hydrogen-bond donors (Lipinski definition) is 1. The monoisotopic (exact) mass is 265 g/mol. The molecule has 1 heterocycles. The highest BCUT2D eigenvalue weighted by Crippen LogP contribution is 2.40. The normalized spacial score (nSPS) is 20.2. The van der Waals surface area contributed by atoms with Crippen LogP contribution in [0.2, 0.25) is 0 Å². The van der Waals surface area contributed by atoms with Crippen LogP contribution in [0, 0.1) is 0 Å². The molecule has 1 aliphatic heterocycles. The third-order valence-corrected chi connectivity index (χ3v) is 6.16. The number of fused-ring (bicyclic) bond motifs is 1. The minimum Gasteiger partial charge on any atom is -0.366 e. The van der Waals surface area contributed by atoms with Gasteiger partial charge in [0.25, 0.3) is 0 Å². The van der Waals surface area contributed by atoms with Gasteiger partial charge >= 0.3 is 0 Å². The molecule has 1 aliphatic rings. The molecular formula is C13H15NO3S. The molecule has 2 N–H and O–H groups in total. The average molecular weight is 265 g/mol. The van der Waals surface area contributed by atoms with Gasteiger partial charge < -0.3 is 5.73 Å². The van der Waals surface area contributed by atoms with Gasteiger partial charge in [0.2, 0.25) is 5.91 Å². The molecule has 0 saturated heterocycles. The number of sulfone groups is 1. The Balaban J connectivity index is 2.76. The Morgan fingerprint density at radius 3 is 2.56 bits per heavy atom. The first-order chi connectivity index (χ1) is 8.18. The van der Waals surface area contributed by atoms with Gasteiger partial charge in [-0.3, -0.25) is 4.79 Å². The molecule has 0 aromatic heterocycles. The Morgan fingerprint density at radius 1 is 1.39 bits per heavy atom. The van der Waals surface area contributed by atoms with Crippen LogP contribution in [0.4, 0.5) is 0 Å². The van der Waals surface area contributed by atoms with Gasteiger partial charge in [0.15, 0.2) is 9.84 Å². The Labute approximate surface area is 106 Å². The van der Waals surface area contributed by atoms with E-state index in [9.17, 15) is 13.2 Å². The minimum atomic E-state index is -3.53. The lowest BCUT2D eigenvalue weighted by molar-refractivity contribution is 0.1000. The SMILES string of the molecule is C=C1Cc2ccc(C(N)=O)cc2S(=O)(=O)C1(C)C. The van der Waals surface area contributed by atoms with E-state index >= 15 is 0 Å². The molecule has 0 atom stereocenters. The summed E-state index contributed by atoms with van der Waals surface area (Å²) in [5.41, 5.74) is 6.71. The number of hydrogen-bond acceptors (Lipinski definition) is 3. The highest BCUT2D eigenvalue weighted by molar-refractivity contribution is 7.93. The van der Waals surface area contributed by atoms with Crippen molar-refractivity contribution in [1.29, 1.82) is 0 Å². The van der Waals surface area contributed by atoms with Crippen molar-refractivity contribution >= 4 is 15.7 Å². The number of amides is 1. The summed E-state index contributed by atoms with van der Waals surface area (Å²) in [6.45, 7) is 7.11. The minimum absolute atomic E-state index is 0.191. The Morgan fingerprint density at radius 2 is 2.00 bits per heavy atom. The Hall–Kier alpha value is -1.62. The maximum absolute atomic E-state index is 12.5. The highest BCUT2D eigenvalue weighted by Gasteiger charge is 2.43. The summed E-state index contributed by atoms with van der Waals surface area (Å²) in [4.78, 5) is 11.3. The second-order valence-electron chi connectivity index (χ2n) is 4.98. The van der Waals surface area contributed by atoms with E-state index in [4.69, 9.17) is 5.73 Å². The van der Waals surface area contributed by atoms with Crippen molar-refractivity contribution in [3.05, 3.63) is 41.5 Å². The second-order valence-corrected chi connectivity index (χ2v) is 7.45. The van der Waals surface area contributed by atoms with E-state index in [1.807, 2.05) is 0 Å². The number of carbonyl (C=O) groups is 1. The second kappa shape index (κ2) is 3.68. The first-order valence-electron chi connectivity index (χ1n) is 5.53. The molecule has 1 aromatic rings. The molecule has 5 heteroatoms. The maximum Gasteiger partial charge on any atom is 0.248 e. The molecular weight excluding hydrogens is 250 g/mol. The van der Waals surface area contributed by atoms with Crippen LogP contribution in [-0.2, 0) is 16.3 Å². The fourth-order valence-corrected chi connectivity index (χ4v) is 3.78. The van der Waals surface area contributed by atoms with Crippen LogP contribution in [0.25, 0.3) is 0 Å². The van der Waals surface area contributed by atoms with Gasteiger partial charge in [-0.05, 0) is 38.0 Å². The number of rotatable bonds is 1. The number of benzene rings is 1. The van der Waals surface area contributed by atoms with Crippen LogP contribution in [-0.4, -0.2) is 19.1 Å². The lowest BCUT2D eigenvalue weighted by atomic mass is 9.95. The van der Waals surface area contributed by atoms with E-state index in [1.165, 1.54) is 6.07 Å². The van der Waals surface area contributed by atoms with Crippen molar-refractivity contribution < 1.29 is 13.2 Å². The molecule has 0 spiro atoms. The van der Waals surface area contributed by atoms with E-state index < -0.39 is 20.5 Å². The largest absolute Gasteiger partial charge is 0.366 e. The summed E-state index contributed by atoms with van der Waals surface area (Å²) in [6, 6.07) is 4.54. The highest BCUT2D eigenvalue weighted by atomic mass is 32.2. The molecule has 4 nitrogen and oxygen atoms in total. The summed E-state index contributed by atoms with van der Waals surface area (Å²) in [6.07, 6.45) is 0.501. The topological polar surface area (TPSA) is 77.2 Å². The van der Waals surface area contributed by atoms with Crippen LogP contribution >= 0.6 is 0 Å². The van der Waals surface area contributed by atoms with Crippen LogP contribution in [0.5, 0.6) is 0 Å². The molecule has 0 saturated carbocycles. The molecule has 1 aromatic carbocycles. The van der Waals surface area contributed by atoms with E-state index in [-0.39, 0.29) is 10.5 Å². The van der Waals surface area contributed by atoms with Gasteiger partial charge in [-0.25, -0.2) is 8.42 Å². The van der Waals surface area contributed by atoms with Crippen LogP contribution < -0.4 is 5.73 Å². The molecule has 0 radical (unpaired) electrons. The lowest BCUT2D eigenvalue weighted by Gasteiger charge is -2.33. The smallest absolute Gasteiger partial charge is 0.248 e. The summed E-state index contributed by atoms with van der Waals surface area (Å²) in [7, 11) is -3.53. The molecule has 2 rings (SSSR count). The zero-order valence-electron chi connectivity index (χ0n) is 10.4. The first kappa shape index (κ1) is 12.8. The molecule has 0 unspecified atom stereocenters. The van der Waals surface area contributed by atoms with Crippen molar-refractivity contribution in [2.75, 3.05) is 0 Å². The van der Waals surface area contributed by atoms with Crippen molar-refractivity contribution in [2.45, 2.75) is 29.9 Å². The van der Waals surface area contributed by atoms with E-state index in [2.05, 4.69) is 6.58 Å². The fourth-order valence-electron chi connectivity index (χ4n) is 2.01. The Bertz CT molecular complexity index is 657. The van der Waals surface area contributed by atoms with Crippen molar-refractivity contribution in [3.8, 4) is 0 Å². The van der Waals surface area contributed by atoms with Crippen LogP contribution in [0.15, 0.2) is 35.2 Å². The van der Waals surface area contributed by atoms with Crippen LogP contribution in [0.1, 0.15) is 29.8 Å². The predicted molar refractivity (Wildman–Crippen MR) is 69.1 cm³/mol. The van der Waals surface area contributed by atoms with E-state index in [0.29, 0.717) is 17.6 Å². The lowest BCUT2D eigenvalue weighted by Crippen LogP contribution is -2.38. The molecule has 0 bridgehead atoms. The number of nitrogens with two attached hydrogens (primary N) is 1. The molecule has 96 valence electrons. The number of carbonyl (C=O) groups excluding carboxylic acids is 1. The fraction of sp³-hybridized carbons (Fsp3) is 0.308. The van der Waals surface area contributed by atoms with Gasteiger partial charge in [0.1, 0.15) is 0 Å². The zero-order chi connectivity index (χ0) is 13.7. The maximum atomic E-state index is 12.5. The van der Waals surface area contributed by atoms with Gasteiger partial charge in [-0.15, -0.1) is 0 Å². The van der Waals surface area contributed by atoms with Gasteiger partial charge in [-0.2, -0.15) is 0 Å². The standard InChI is InChI=1S/C13H15NO3S/c1-8-6-9-4-5-10(12(14)15)7-11(9)18(16,17)13(8,2)3/h4-5,7H,1,6H2,2-3H3,(H2,14,15). The molecule has 0 aliphatic carbocycles. The summed E-state index contributed by atoms with van der Waals surface area (Å²) < 4.78 is 24.0. The third kappa shape index (κ3) is 1.58. The molecule has 0 fully saturated rings. The number of primary amides is 1. The first-order valence-corrected chi connectivity index (χ1v) is 7.02.